The van der Waals surface area contributed by atoms with Crippen molar-refractivity contribution in [3.8, 4) is 0 Å². The van der Waals surface area contributed by atoms with E-state index in [0.29, 0.717) is 5.56 Å². The molecule has 0 heterocycles. The van der Waals surface area contributed by atoms with Crippen molar-refractivity contribution in [3.63, 3.8) is 0 Å². The van der Waals surface area contributed by atoms with Crippen molar-refractivity contribution in [2.24, 2.45) is 5.14 Å². The summed E-state index contributed by atoms with van der Waals surface area (Å²) in [5, 5.41) is 4.91. The van der Waals surface area contributed by atoms with E-state index in [1.165, 1.54) is 12.1 Å². The van der Waals surface area contributed by atoms with Crippen LogP contribution in [0.2, 0.25) is 5.02 Å². The summed E-state index contributed by atoms with van der Waals surface area (Å²) < 4.78 is 32.6. The van der Waals surface area contributed by atoms with Gasteiger partial charge in [0.2, 0.25) is 10.0 Å². The van der Waals surface area contributed by atoms with Crippen LogP contribution in [-0.2, 0) is 19.5 Å². The Morgan fingerprint density at radius 2 is 1.48 bits per heavy atom. The Bertz CT molecular complexity index is 883. The zero-order chi connectivity index (χ0) is 18.4. The van der Waals surface area contributed by atoms with Gasteiger partial charge >= 0.3 is 11.9 Å². The summed E-state index contributed by atoms with van der Waals surface area (Å²) >= 11 is 5.74. The highest BCUT2D eigenvalue weighted by molar-refractivity contribution is 7.89. The molecule has 0 saturated heterocycles. The largest absolute Gasteiger partial charge is 0.458 e. The number of benzene rings is 2. The van der Waals surface area contributed by atoms with Crippen molar-refractivity contribution in [2.75, 3.05) is 13.2 Å². The van der Waals surface area contributed by atoms with Gasteiger partial charge in [-0.1, -0.05) is 29.8 Å². The number of halogens is 1. The third kappa shape index (κ3) is 5.28. The number of hydrogen-bond acceptors (Lipinski definition) is 6. The second kappa shape index (κ2) is 8.11. The number of ether oxygens (including phenoxy) is 2. The van der Waals surface area contributed by atoms with Gasteiger partial charge in [-0.25, -0.2) is 23.1 Å². The predicted octanol–water partition coefficient (Wildman–Crippen LogP) is 2.00. The molecule has 0 aromatic heterocycles. The van der Waals surface area contributed by atoms with E-state index in [1.54, 1.807) is 30.3 Å². The average Bonchev–Trinajstić information content (AvgIpc) is 2.58. The van der Waals surface area contributed by atoms with Crippen molar-refractivity contribution in [1.29, 1.82) is 0 Å². The van der Waals surface area contributed by atoms with Crippen molar-refractivity contribution in [3.05, 3.63) is 64.7 Å². The second-order valence-corrected chi connectivity index (χ2v) is 6.77. The van der Waals surface area contributed by atoms with Gasteiger partial charge in [0, 0.05) is 0 Å². The molecule has 0 bridgehead atoms. The highest BCUT2D eigenvalue weighted by Gasteiger charge is 2.17. The van der Waals surface area contributed by atoms with E-state index in [-0.39, 0.29) is 28.7 Å². The Morgan fingerprint density at radius 1 is 0.920 bits per heavy atom. The number of primary sulfonamides is 1. The fraction of sp³-hybridized carbons (Fsp3) is 0.125. The molecule has 132 valence electrons. The van der Waals surface area contributed by atoms with Crippen LogP contribution in [0.5, 0.6) is 0 Å². The van der Waals surface area contributed by atoms with Gasteiger partial charge in [0.15, 0.2) is 0 Å². The van der Waals surface area contributed by atoms with Crippen LogP contribution < -0.4 is 5.14 Å². The highest BCUT2D eigenvalue weighted by Crippen LogP contribution is 2.21. The second-order valence-electron chi connectivity index (χ2n) is 4.83. The van der Waals surface area contributed by atoms with Crippen LogP contribution in [0.25, 0.3) is 0 Å². The van der Waals surface area contributed by atoms with Gasteiger partial charge in [0.25, 0.3) is 0 Å². The van der Waals surface area contributed by atoms with Gasteiger partial charge in [0.05, 0.1) is 16.1 Å². The third-order valence-electron chi connectivity index (χ3n) is 3.03. The number of carbonyl (C=O) groups excluding carboxylic acids is 2. The van der Waals surface area contributed by atoms with Crippen LogP contribution in [-0.4, -0.2) is 33.6 Å². The molecule has 2 N–H and O–H groups in total. The summed E-state index contributed by atoms with van der Waals surface area (Å²) in [5.41, 5.74) is 0.340. The molecule has 0 amide bonds. The lowest BCUT2D eigenvalue weighted by Crippen LogP contribution is -2.16. The van der Waals surface area contributed by atoms with Crippen LogP contribution in [0.4, 0.5) is 0 Å². The monoisotopic (exact) mass is 383 g/mol. The SMILES string of the molecule is NS(=O)(=O)c1cc(C(=O)OCCOC(=O)c2ccccc2)ccc1Cl. The molecule has 0 aliphatic rings. The molecule has 0 radical (unpaired) electrons. The maximum atomic E-state index is 11.9. The van der Waals surface area contributed by atoms with E-state index in [2.05, 4.69) is 0 Å². The van der Waals surface area contributed by atoms with Gasteiger partial charge in [-0.2, -0.15) is 0 Å². The molecule has 2 rings (SSSR count). The molecular formula is C16H14ClNO6S. The normalized spacial score (nSPS) is 11.0. The van der Waals surface area contributed by atoms with Gasteiger partial charge in [-0.05, 0) is 30.3 Å². The van der Waals surface area contributed by atoms with E-state index in [0.717, 1.165) is 6.07 Å². The Balaban J connectivity index is 1.90. The molecule has 2 aromatic rings. The molecule has 2 aromatic carbocycles. The lowest BCUT2D eigenvalue weighted by Gasteiger charge is -2.08. The Hall–Kier alpha value is -2.42. The lowest BCUT2D eigenvalue weighted by atomic mass is 10.2. The van der Waals surface area contributed by atoms with Crippen LogP contribution in [0, 0.1) is 0 Å². The fourth-order valence-corrected chi connectivity index (χ4v) is 2.93. The minimum atomic E-state index is -4.07. The Kier molecular flexibility index (Phi) is 6.13. The summed E-state index contributed by atoms with van der Waals surface area (Å²) in [6.45, 7) is -0.333. The molecule has 0 aliphatic heterocycles. The first kappa shape index (κ1) is 18.9. The molecule has 0 saturated carbocycles. The summed E-state index contributed by atoms with van der Waals surface area (Å²) in [7, 11) is -4.07. The number of hydrogen-bond donors (Lipinski definition) is 1. The zero-order valence-corrected chi connectivity index (χ0v) is 14.4. The van der Waals surface area contributed by atoms with Gasteiger partial charge in [-0.3, -0.25) is 0 Å². The molecule has 9 heteroatoms. The summed E-state index contributed by atoms with van der Waals surface area (Å²) in [6, 6.07) is 11.9. The molecule has 0 aliphatic carbocycles. The number of sulfonamides is 1. The number of esters is 2. The molecule has 25 heavy (non-hydrogen) atoms. The predicted molar refractivity (Wildman–Crippen MR) is 89.8 cm³/mol. The van der Waals surface area contributed by atoms with Crippen molar-refractivity contribution in [1.82, 2.24) is 0 Å². The molecule has 0 unspecified atom stereocenters. The summed E-state index contributed by atoms with van der Waals surface area (Å²) in [5.74, 6) is -1.34. The molecular weight excluding hydrogens is 370 g/mol. The van der Waals surface area contributed by atoms with E-state index >= 15 is 0 Å². The topological polar surface area (TPSA) is 113 Å². The van der Waals surface area contributed by atoms with Crippen molar-refractivity contribution < 1.29 is 27.5 Å². The maximum absolute atomic E-state index is 11.9. The summed E-state index contributed by atoms with van der Waals surface area (Å²) in [4.78, 5) is 23.2. The van der Waals surface area contributed by atoms with Crippen LogP contribution in [0.3, 0.4) is 0 Å². The minimum absolute atomic E-state index is 0.0391. The van der Waals surface area contributed by atoms with E-state index in [1.807, 2.05) is 0 Å². The van der Waals surface area contributed by atoms with E-state index in [9.17, 15) is 18.0 Å². The summed E-state index contributed by atoms with van der Waals surface area (Å²) in [6.07, 6.45) is 0. The molecule has 0 fully saturated rings. The van der Waals surface area contributed by atoms with Crippen LogP contribution >= 0.6 is 11.6 Å². The van der Waals surface area contributed by atoms with Crippen molar-refractivity contribution >= 4 is 33.6 Å². The standard InChI is InChI=1S/C16H14ClNO6S/c17-13-7-6-12(10-14(13)25(18,21)22)16(20)24-9-8-23-15(19)11-4-2-1-3-5-11/h1-7,10H,8-9H2,(H2,18,21,22). The lowest BCUT2D eigenvalue weighted by molar-refractivity contribution is 0.0265. The number of rotatable bonds is 6. The number of carbonyl (C=O) groups is 2. The Labute approximate surface area is 149 Å². The highest BCUT2D eigenvalue weighted by atomic mass is 35.5. The van der Waals surface area contributed by atoms with Crippen LogP contribution in [0.1, 0.15) is 20.7 Å². The first-order chi connectivity index (χ1) is 11.8. The van der Waals surface area contributed by atoms with Gasteiger partial charge in [0.1, 0.15) is 18.1 Å². The molecule has 0 spiro atoms. The first-order valence-corrected chi connectivity index (χ1v) is 8.93. The number of nitrogens with two attached hydrogens (primary N) is 1. The molecule has 0 atom stereocenters. The van der Waals surface area contributed by atoms with E-state index in [4.69, 9.17) is 26.2 Å². The van der Waals surface area contributed by atoms with Crippen molar-refractivity contribution in [2.45, 2.75) is 4.90 Å². The fourth-order valence-electron chi connectivity index (χ4n) is 1.86. The minimum Gasteiger partial charge on any atom is -0.458 e. The zero-order valence-electron chi connectivity index (χ0n) is 12.8. The molecule has 7 nitrogen and oxygen atoms in total. The van der Waals surface area contributed by atoms with Gasteiger partial charge < -0.3 is 9.47 Å². The first-order valence-electron chi connectivity index (χ1n) is 7.00. The maximum Gasteiger partial charge on any atom is 0.338 e. The van der Waals surface area contributed by atoms with Gasteiger partial charge in [-0.15, -0.1) is 0 Å². The third-order valence-corrected chi connectivity index (χ3v) is 4.43. The van der Waals surface area contributed by atoms with E-state index < -0.39 is 22.0 Å². The Morgan fingerprint density at radius 3 is 2.04 bits per heavy atom. The van der Waals surface area contributed by atoms with Crippen LogP contribution in [0.15, 0.2) is 53.4 Å². The smallest absolute Gasteiger partial charge is 0.338 e. The quantitative estimate of drug-likeness (QED) is 0.603. The average molecular weight is 384 g/mol.